The Morgan fingerprint density at radius 2 is 1.79 bits per heavy atom. The van der Waals surface area contributed by atoms with Gasteiger partial charge >= 0.3 is 12.2 Å². The Balaban J connectivity index is 1.63. The van der Waals surface area contributed by atoms with Crippen LogP contribution in [0.1, 0.15) is 0 Å². The van der Waals surface area contributed by atoms with Gasteiger partial charge in [-0.3, -0.25) is 4.90 Å². The fraction of sp³-hybridized carbons (Fsp3) is 0.533. The Morgan fingerprint density at radius 1 is 1.17 bits per heavy atom. The molecule has 0 saturated carbocycles. The molecule has 1 aromatic rings. The van der Waals surface area contributed by atoms with Crippen molar-refractivity contribution in [1.82, 2.24) is 15.1 Å². The predicted molar refractivity (Wildman–Crippen MR) is 84.4 cm³/mol. The van der Waals surface area contributed by atoms with Crippen LogP contribution < -0.4 is 10.1 Å². The highest BCUT2D eigenvalue weighted by molar-refractivity contribution is 6.30. The van der Waals surface area contributed by atoms with Crippen molar-refractivity contribution in [2.45, 2.75) is 6.18 Å². The smallest absolute Gasteiger partial charge is 0.405 e. The summed E-state index contributed by atoms with van der Waals surface area (Å²) in [7, 11) is 0. The molecule has 0 aliphatic carbocycles. The van der Waals surface area contributed by atoms with E-state index in [1.165, 1.54) is 4.90 Å². The number of rotatable bonds is 5. The monoisotopic (exact) mass is 365 g/mol. The number of carbonyl (C=O) groups is 1. The topological polar surface area (TPSA) is 44.8 Å². The van der Waals surface area contributed by atoms with Crippen molar-refractivity contribution >= 4 is 17.6 Å². The molecule has 0 atom stereocenters. The van der Waals surface area contributed by atoms with Gasteiger partial charge in [-0.1, -0.05) is 11.6 Å². The number of hydrogen-bond donors (Lipinski definition) is 1. The van der Waals surface area contributed by atoms with Crippen LogP contribution in [-0.2, 0) is 0 Å². The number of nitrogens with one attached hydrogen (secondary N) is 1. The number of nitrogens with zero attached hydrogens (tertiary/aromatic N) is 2. The molecule has 1 saturated heterocycles. The Labute approximate surface area is 143 Å². The van der Waals surface area contributed by atoms with E-state index in [0.717, 1.165) is 5.75 Å². The molecule has 2 amide bonds. The first-order valence-electron chi connectivity index (χ1n) is 7.54. The van der Waals surface area contributed by atoms with Crippen molar-refractivity contribution in [2.24, 2.45) is 0 Å². The number of piperazine rings is 1. The van der Waals surface area contributed by atoms with Crippen molar-refractivity contribution in [3.05, 3.63) is 29.3 Å². The third-order valence-corrected chi connectivity index (χ3v) is 3.84. The normalized spacial score (nSPS) is 16.1. The zero-order valence-electron chi connectivity index (χ0n) is 13.0. The van der Waals surface area contributed by atoms with Crippen molar-refractivity contribution < 1.29 is 22.7 Å². The van der Waals surface area contributed by atoms with Crippen LogP contribution >= 0.6 is 11.6 Å². The molecule has 0 aromatic heterocycles. The number of ether oxygens (including phenoxy) is 1. The molecular formula is C15H19ClF3N3O2. The Morgan fingerprint density at radius 3 is 2.38 bits per heavy atom. The minimum absolute atomic E-state index is 0.393. The molecule has 1 heterocycles. The van der Waals surface area contributed by atoms with Crippen LogP contribution in [0.5, 0.6) is 5.75 Å². The molecule has 2 rings (SSSR count). The third-order valence-electron chi connectivity index (χ3n) is 3.59. The van der Waals surface area contributed by atoms with E-state index in [4.69, 9.17) is 16.3 Å². The van der Waals surface area contributed by atoms with Gasteiger partial charge in [-0.05, 0) is 24.3 Å². The molecule has 5 nitrogen and oxygen atoms in total. The summed E-state index contributed by atoms with van der Waals surface area (Å²) in [5.41, 5.74) is 0. The molecule has 134 valence electrons. The van der Waals surface area contributed by atoms with E-state index in [1.807, 2.05) is 5.32 Å². The van der Waals surface area contributed by atoms with Crippen molar-refractivity contribution in [1.29, 1.82) is 0 Å². The minimum atomic E-state index is -4.39. The van der Waals surface area contributed by atoms with Gasteiger partial charge in [0.15, 0.2) is 0 Å². The molecule has 1 aromatic carbocycles. The van der Waals surface area contributed by atoms with E-state index in [0.29, 0.717) is 44.4 Å². The van der Waals surface area contributed by atoms with Crippen LogP contribution in [0.15, 0.2) is 24.3 Å². The lowest BCUT2D eigenvalue weighted by Gasteiger charge is -2.34. The maximum absolute atomic E-state index is 12.1. The van der Waals surface area contributed by atoms with E-state index >= 15 is 0 Å². The number of benzene rings is 1. The van der Waals surface area contributed by atoms with Gasteiger partial charge in [-0.2, -0.15) is 13.2 Å². The van der Waals surface area contributed by atoms with Gasteiger partial charge in [0.1, 0.15) is 18.9 Å². The fourth-order valence-corrected chi connectivity index (χ4v) is 2.41. The Hall–Kier alpha value is -1.67. The molecule has 0 spiro atoms. The third kappa shape index (κ3) is 6.45. The van der Waals surface area contributed by atoms with E-state index in [2.05, 4.69) is 4.90 Å². The minimum Gasteiger partial charge on any atom is -0.492 e. The summed E-state index contributed by atoms with van der Waals surface area (Å²) in [6.45, 7) is 1.85. The van der Waals surface area contributed by atoms with Gasteiger partial charge < -0.3 is 15.0 Å². The molecule has 0 bridgehead atoms. The highest BCUT2D eigenvalue weighted by Crippen LogP contribution is 2.15. The molecule has 1 aliphatic heterocycles. The van der Waals surface area contributed by atoms with E-state index in [9.17, 15) is 18.0 Å². The lowest BCUT2D eigenvalue weighted by Crippen LogP contribution is -2.53. The predicted octanol–water partition coefficient (Wildman–Crippen LogP) is 2.61. The van der Waals surface area contributed by atoms with Gasteiger partial charge in [0, 0.05) is 37.7 Å². The fourth-order valence-electron chi connectivity index (χ4n) is 2.29. The van der Waals surface area contributed by atoms with Crippen molar-refractivity contribution in [3.63, 3.8) is 0 Å². The largest absolute Gasteiger partial charge is 0.492 e. The van der Waals surface area contributed by atoms with Gasteiger partial charge in [0.2, 0.25) is 0 Å². The van der Waals surface area contributed by atoms with E-state index < -0.39 is 18.8 Å². The summed E-state index contributed by atoms with van der Waals surface area (Å²) in [5.74, 6) is 0.726. The zero-order chi connectivity index (χ0) is 17.6. The molecule has 1 aliphatic rings. The van der Waals surface area contributed by atoms with Gasteiger partial charge in [0.05, 0.1) is 0 Å². The quantitative estimate of drug-likeness (QED) is 0.872. The summed E-state index contributed by atoms with van der Waals surface area (Å²) in [6.07, 6.45) is -4.39. The molecule has 0 unspecified atom stereocenters. The van der Waals surface area contributed by atoms with Gasteiger partial charge in [-0.15, -0.1) is 0 Å². The van der Waals surface area contributed by atoms with E-state index in [1.54, 1.807) is 24.3 Å². The molecule has 1 fully saturated rings. The number of alkyl halides is 3. The number of carbonyl (C=O) groups excluding carboxylic acids is 1. The molecular weight excluding hydrogens is 347 g/mol. The summed E-state index contributed by atoms with van der Waals surface area (Å²) in [5, 5.41) is 2.53. The average Bonchev–Trinajstić information content (AvgIpc) is 2.54. The van der Waals surface area contributed by atoms with Crippen LogP contribution in [0.3, 0.4) is 0 Å². The molecule has 24 heavy (non-hydrogen) atoms. The Bertz CT molecular complexity index is 532. The second kappa shape index (κ2) is 8.43. The maximum Gasteiger partial charge on any atom is 0.405 e. The van der Waals surface area contributed by atoms with Crippen LogP contribution in [0.2, 0.25) is 5.02 Å². The Kier molecular flexibility index (Phi) is 6.56. The zero-order valence-corrected chi connectivity index (χ0v) is 13.7. The number of amides is 2. The van der Waals surface area contributed by atoms with Crippen LogP contribution in [0, 0.1) is 0 Å². The summed E-state index contributed by atoms with van der Waals surface area (Å²) >= 11 is 5.79. The highest BCUT2D eigenvalue weighted by atomic mass is 35.5. The first-order valence-corrected chi connectivity index (χ1v) is 7.91. The first kappa shape index (κ1) is 18.7. The summed E-state index contributed by atoms with van der Waals surface area (Å²) < 4.78 is 41.8. The number of halogens is 4. The number of urea groups is 1. The van der Waals surface area contributed by atoms with Gasteiger partial charge in [0.25, 0.3) is 0 Å². The first-order chi connectivity index (χ1) is 11.3. The molecule has 1 N–H and O–H groups in total. The maximum atomic E-state index is 12.1. The number of hydrogen-bond acceptors (Lipinski definition) is 3. The lowest BCUT2D eigenvalue weighted by molar-refractivity contribution is -0.123. The standard InChI is InChI=1S/C15H19ClF3N3O2/c16-12-1-3-13(4-2-12)24-10-9-21-5-7-22(8-6-21)14(23)20-11-15(17,18)19/h1-4H,5-11H2,(H,20,23). The van der Waals surface area contributed by atoms with Gasteiger partial charge in [-0.25, -0.2) is 4.79 Å². The summed E-state index contributed by atoms with van der Waals surface area (Å²) in [4.78, 5) is 15.1. The van der Waals surface area contributed by atoms with Crippen molar-refractivity contribution in [2.75, 3.05) is 45.9 Å². The SMILES string of the molecule is O=C(NCC(F)(F)F)N1CCN(CCOc2ccc(Cl)cc2)CC1. The van der Waals surface area contributed by atoms with Crippen molar-refractivity contribution in [3.8, 4) is 5.75 Å². The summed E-state index contributed by atoms with van der Waals surface area (Å²) in [6, 6.07) is 6.38. The van der Waals surface area contributed by atoms with Crippen LogP contribution in [0.25, 0.3) is 0 Å². The molecule has 9 heteroatoms. The highest BCUT2D eigenvalue weighted by Gasteiger charge is 2.29. The van der Waals surface area contributed by atoms with Crippen LogP contribution in [0.4, 0.5) is 18.0 Å². The second-order valence-corrected chi connectivity index (χ2v) is 5.84. The average molecular weight is 366 g/mol. The van der Waals surface area contributed by atoms with Crippen LogP contribution in [-0.4, -0.2) is 67.9 Å². The second-order valence-electron chi connectivity index (χ2n) is 5.40. The lowest BCUT2D eigenvalue weighted by atomic mass is 10.3. The van der Waals surface area contributed by atoms with E-state index in [-0.39, 0.29) is 0 Å². The molecule has 0 radical (unpaired) electrons.